The normalized spacial score (nSPS) is 17.0. The first-order chi connectivity index (χ1) is 13.2. The lowest BCUT2D eigenvalue weighted by Gasteiger charge is -2.34. The largest absolute Gasteiger partial charge is 0.489 e. The maximum atomic E-state index is 6.52. The van der Waals surface area contributed by atoms with E-state index in [9.17, 15) is 0 Å². The molecule has 1 unspecified atom stereocenters. The fourth-order valence-electron chi connectivity index (χ4n) is 3.07. The van der Waals surface area contributed by atoms with Crippen LogP contribution in [0.25, 0.3) is 0 Å². The third-order valence-electron chi connectivity index (χ3n) is 4.53. The molecule has 0 spiro atoms. The third kappa shape index (κ3) is 3.42. The third-order valence-corrected chi connectivity index (χ3v) is 4.53. The van der Waals surface area contributed by atoms with Crippen molar-refractivity contribution in [3.8, 4) is 5.75 Å². The van der Waals surface area contributed by atoms with Crippen LogP contribution in [0.1, 0.15) is 11.9 Å². The van der Waals surface area contributed by atoms with Gasteiger partial charge in [-0.2, -0.15) is 0 Å². The lowest BCUT2D eigenvalue weighted by Crippen LogP contribution is -2.38. The Bertz CT molecular complexity index is 949. The summed E-state index contributed by atoms with van der Waals surface area (Å²) < 4.78 is 7.90. The molecule has 0 fully saturated rings. The van der Waals surface area contributed by atoms with Crippen molar-refractivity contribution in [1.29, 1.82) is 0 Å². The second-order valence-corrected chi connectivity index (χ2v) is 6.28. The highest BCUT2D eigenvalue weighted by molar-refractivity contribution is 6.13. The summed E-state index contributed by atoms with van der Waals surface area (Å²) in [4.78, 5) is 11.0. The number of aliphatic imine (C=N–C) groups is 1. The van der Waals surface area contributed by atoms with Gasteiger partial charge in [-0.15, -0.1) is 0 Å². The average molecular weight is 359 g/mol. The predicted octanol–water partition coefficient (Wildman–Crippen LogP) is 3.02. The van der Waals surface area contributed by atoms with Crippen LogP contribution in [0.3, 0.4) is 0 Å². The number of aromatic nitrogens is 2. The molecule has 2 aromatic carbocycles. The Morgan fingerprint density at radius 3 is 2.41 bits per heavy atom. The van der Waals surface area contributed by atoms with Crippen LogP contribution in [-0.4, -0.2) is 33.8 Å². The van der Waals surface area contributed by atoms with Crippen LogP contribution in [0.2, 0.25) is 0 Å². The minimum Gasteiger partial charge on any atom is -0.489 e. The molecule has 1 aliphatic heterocycles. The van der Waals surface area contributed by atoms with E-state index in [1.165, 1.54) is 0 Å². The van der Waals surface area contributed by atoms with Crippen molar-refractivity contribution in [3.63, 3.8) is 0 Å². The second-order valence-electron chi connectivity index (χ2n) is 6.28. The van der Waals surface area contributed by atoms with Crippen LogP contribution in [0.4, 0.5) is 0 Å². The van der Waals surface area contributed by atoms with Crippen LogP contribution in [0.15, 0.2) is 95.8 Å². The Morgan fingerprint density at radius 1 is 1.04 bits per heavy atom. The quantitative estimate of drug-likeness (QED) is 0.760. The van der Waals surface area contributed by atoms with E-state index in [2.05, 4.69) is 4.98 Å². The fourth-order valence-corrected chi connectivity index (χ4v) is 3.07. The number of benzene rings is 2. The van der Waals surface area contributed by atoms with E-state index in [4.69, 9.17) is 15.5 Å². The number of nitrogens with two attached hydrogens (primary N) is 1. The molecule has 1 aromatic heterocycles. The Labute approximate surface area is 158 Å². The van der Waals surface area contributed by atoms with Gasteiger partial charge in [-0.3, -0.25) is 4.57 Å². The van der Waals surface area contributed by atoms with Gasteiger partial charge in [0.05, 0.1) is 17.6 Å². The fraction of sp³-hybridized carbons (Fsp3) is 0.143. The Hall–Kier alpha value is -3.54. The van der Waals surface area contributed by atoms with Gasteiger partial charge in [0.1, 0.15) is 18.2 Å². The minimum absolute atomic E-state index is 0.289. The van der Waals surface area contributed by atoms with E-state index in [1.54, 1.807) is 12.5 Å². The number of para-hydroxylation sites is 1. The molecule has 0 aliphatic carbocycles. The first-order valence-electron chi connectivity index (χ1n) is 8.74. The van der Waals surface area contributed by atoms with Crippen molar-refractivity contribution in [2.75, 3.05) is 13.7 Å². The summed E-state index contributed by atoms with van der Waals surface area (Å²) in [6.45, 7) is 0.338. The summed E-state index contributed by atoms with van der Waals surface area (Å²) in [6.07, 6.45) is 5.07. The van der Waals surface area contributed by atoms with Gasteiger partial charge in [0.15, 0.2) is 0 Å². The zero-order valence-electron chi connectivity index (χ0n) is 15.1. The van der Waals surface area contributed by atoms with Crippen molar-refractivity contribution in [3.05, 3.63) is 96.3 Å². The first kappa shape index (κ1) is 16.9. The topological polar surface area (TPSA) is 68.7 Å². The molecule has 0 amide bonds. The zero-order valence-corrected chi connectivity index (χ0v) is 15.1. The van der Waals surface area contributed by atoms with Gasteiger partial charge in [-0.25, -0.2) is 9.98 Å². The number of ether oxygens (including phenoxy) is 1. The number of imidazole rings is 1. The van der Waals surface area contributed by atoms with Gasteiger partial charge < -0.3 is 15.4 Å². The molecule has 2 heterocycles. The van der Waals surface area contributed by atoms with Crippen LogP contribution < -0.4 is 10.5 Å². The summed E-state index contributed by atoms with van der Waals surface area (Å²) in [7, 11) is 1.92. The van der Waals surface area contributed by atoms with Crippen molar-refractivity contribution in [1.82, 2.24) is 14.5 Å². The highest BCUT2D eigenvalue weighted by Crippen LogP contribution is 2.27. The molecule has 3 aromatic rings. The molecule has 27 heavy (non-hydrogen) atoms. The highest BCUT2D eigenvalue weighted by Gasteiger charge is 2.28. The number of nitrogens with zero attached hydrogens (tertiary/aromatic N) is 4. The number of rotatable bonds is 5. The Morgan fingerprint density at radius 2 is 1.74 bits per heavy atom. The number of hydrogen-bond acceptors (Lipinski definition) is 5. The van der Waals surface area contributed by atoms with Crippen molar-refractivity contribution in [2.24, 2.45) is 10.7 Å². The molecule has 0 radical (unpaired) electrons. The van der Waals surface area contributed by atoms with E-state index >= 15 is 0 Å². The maximum absolute atomic E-state index is 6.52. The van der Waals surface area contributed by atoms with Crippen LogP contribution in [0.5, 0.6) is 5.75 Å². The van der Waals surface area contributed by atoms with Crippen LogP contribution >= 0.6 is 0 Å². The zero-order chi connectivity index (χ0) is 18.6. The van der Waals surface area contributed by atoms with Gasteiger partial charge in [0.25, 0.3) is 0 Å². The standard InChI is InChI=1S/C21H21N5O/c1-25-20(22)18(14-27-17-10-6-3-7-11-17)19(16-8-4-2-5-9-16)24-21(25)26-13-12-23-15-26/h2-13,15,21H,14,22H2,1H3. The number of hydrogen-bond donors (Lipinski definition) is 1. The van der Waals surface area contributed by atoms with Crippen molar-refractivity contribution >= 4 is 5.71 Å². The monoisotopic (exact) mass is 359 g/mol. The van der Waals surface area contributed by atoms with Gasteiger partial charge >= 0.3 is 0 Å². The lowest BCUT2D eigenvalue weighted by atomic mass is 10.0. The Balaban J connectivity index is 1.71. The van der Waals surface area contributed by atoms with Crippen LogP contribution in [0, 0.1) is 0 Å². The van der Waals surface area contributed by atoms with Crippen molar-refractivity contribution in [2.45, 2.75) is 6.29 Å². The van der Waals surface area contributed by atoms with Crippen LogP contribution in [-0.2, 0) is 0 Å². The average Bonchev–Trinajstić information content (AvgIpc) is 3.25. The molecule has 0 saturated carbocycles. The molecule has 2 N–H and O–H groups in total. The smallest absolute Gasteiger partial charge is 0.205 e. The molecule has 6 nitrogen and oxygen atoms in total. The lowest BCUT2D eigenvalue weighted by molar-refractivity contribution is 0.221. The summed E-state index contributed by atoms with van der Waals surface area (Å²) >= 11 is 0. The molecule has 136 valence electrons. The molecule has 0 saturated heterocycles. The minimum atomic E-state index is -0.289. The molecule has 0 bridgehead atoms. The SMILES string of the molecule is CN1C(N)=C(COc2ccccc2)C(c2ccccc2)=NC1n1ccnc1. The van der Waals surface area contributed by atoms with E-state index in [0.29, 0.717) is 12.4 Å². The first-order valence-corrected chi connectivity index (χ1v) is 8.74. The summed E-state index contributed by atoms with van der Waals surface area (Å²) in [5, 5.41) is 0. The molecule has 1 aliphatic rings. The molecule has 1 atom stereocenters. The van der Waals surface area contributed by atoms with E-state index < -0.39 is 0 Å². The van der Waals surface area contributed by atoms with Crippen molar-refractivity contribution < 1.29 is 4.74 Å². The van der Waals surface area contributed by atoms with Gasteiger partial charge in [-0.05, 0) is 12.1 Å². The van der Waals surface area contributed by atoms with E-state index in [-0.39, 0.29) is 6.29 Å². The van der Waals surface area contributed by atoms with Gasteiger partial charge in [0, 0.05) is 25.0 Å². The van der Waals surface area contributed by atoms with E-state index in [0.717, 1.165) is 22.6 Å². The molecular weight excluding hydrogens is 338 g/mol. The Kier molecular flexibility index (Phi) is 4.61. The van der Waals surface area contributed by atoms with Gasteiger partial charge in [0.2, 0.25) is 6.29 Å². The second kappa shape index (κ2) is 7.37. The van der Waals surface area contributed by atoms with E-state index in [1.807, 2.05) is 83.4 Å². The highest BCUT2D eigenvalue weighted by atomic mass is 16.5. The molecule has 6 heteroatoms. The summed E-state index contributed by atoms with van der Waals surface area (Å²) in [5.41, 5.74) is 9.23. The van der Waals surface area contributed by atoms with Gasteiger partial charge in [-0.1, -0.05) is 48.5 Å². The molecular formula is C21H21N5O. The summed E-state index contributed by atoms with van der Waals surface area (Å²) in [6, 6.07) is 19.7. The predicted molar refractivity (Wildman–Crippen MR) is 105 cm³/mol. The molecule has 4 rings (SSSR count). The maximum Gasteiger partial charge on any atom is 0.205 e. The summed E-state index contributed by atoms with van der Waals surface area (Å²) in [5.74, 6) is 1.43.